The summed E-state index contributed by atoms with van der Waals surface area (Å²) in [6.45, 7) is 10.1. The second kappa shape index (κ2) is 11.7. The summed E-state index contributed by atoms with van der Waals surface area (Å²) < 4.78 is 5.51. The van der Waals surface area contributed by atoms with E-state index in [1.165, 1.54) is 31.0 Å². The smallest absolute Gasteiger partial charge is 0.270 e. The van der Waals surface area contributed by atoms with Crippen molar-refractivity contribution in [2.24, 2.45) is 0 Å². The number of hydrogen-bond donors (Lipinski definition) is 2. The fourth-order valence-electron chi connectivity index (χ4n) is 2.42. The van der Waals surface area contributed by atoms with Gasteiger partial charge in [0.1, 0.15) is 11.6 Å². The Bertz CT molecular complexity index is 904. The first kappa shape index (κ1) is 24.0. The van der Waals surface area contributed by atoms with Crippen molar-refractivity contribution < 1.29 is 9.66 Å². The van der Waals surface area contributed by atoms with Gasteiger partial charge in [0.25, 0.3) is 11.2 Å². The van der Waals surface area contributed by atoms with Gasteiger partial charge in [0.2, 0.25) is 0 Å². The zero-order chi connectivity index (χ0) is 22.0. The van der Waals surface area contributed by atoms with E-state index in [2.05, 4.69) is 23.8 Å². The van der Waals surface area contributed by atoms with Crippen molar-refractivity contribution in [1.29, 1.82) is 5.41 Å². The highest BCUT2D eigenvalue weighted by molar-refractivity contribution is 5.97. The standard InChI is InChI=1S/C17H20N4O4.C4H10/c1-4-6-13(18)15-10(3)17(22)20-16(19-15)12-9-11(21(23)24)7-8-14(12)25-5-2;1-3-4-2/h7-9,18H,4-6H2,1-3H3,(H,19,20,22);3-4H2,1-2H3. The van der Waals surface area contributed by atoms with Crippen LogP contribution in [-0.4, -0.2) is 27.2 Å². The number of nitro groups is 1. The van der Waals surface area contributed by atoms with Gasteiger partial charge in [0.05, 0.1) is 28.5 Å². The fourth-order valence-corrected chi connectivity index (χ4v) is 2.42. The highest BCUT2D eigenvalue weighted by Gasteiger charge is 2.18. The van der Waals surface area contributed by atoms with Gasteiger partial charge in [-0.1, -0.05) is 40.0 Å². The first-order valence-corrected chi connectivity index (χ1v) is 9.90. The quantitative estimate of drug-likeness (QED) is 0.364. The Kier molecular flexibility index (Phi) is 9.71. The Morgan fingerprint density at radius 2 is 1.86 bits per heavy atom. The maximum absolute atomic E-state index is 12.3. The number of nitrogens with zero attached hydrogens (tertiary/aromatic N) is 2. The molecule has 0 amide bonds. The Morgan fingerprint density at radius 1 is 1.21 bits per heavy atom. The summed E-state index contributed by atoms with van der Waals surface area (Å²) >= 11 is 0. The Labute approximate surface area is 171 Å². The molecule has 0 unspecified atom stereocenters. The van der Waals surface area contributed by atoms with Crippen LogP contribution in [0.4, 0.5) is 5.69 Å². The number of aromatic amines is 1. The molecule has 1 aromatic heterocycles. The minimum atomic E-state index is -0.522. The van der Waals surface area contributed by atoms with E-state index in [9.17, 15) is 14.9 Å². The van der Waals surface area contributed by atoms with Crippen LogP contribution in [-0.2, 0) is 0 Å². The molecular weight excluding hydrogens is 372 g/mol. The highest BCUT2D eigenvalue weighted by atomic mass is 16.6. The lowest BCUT2D eigenvalue weighted by molar-refractivity contribution is -0.384. The SMILES string of the molecule is CCCC.CCCC(=N)c1nc(-c2cc([N+](=O)[O-])ccc2OCC)[nH]c(=O)c1C. The molecule has 0 atom stereocenters. The van der Waals surface area contributed by atoms with Gasteiger partial charge in [-0.05, 0) is 26.3 Å². The number of hydrogen-bond acceptors (Lipinski definition) is 6. The van der Waals surface area contributed by atoms with Gasteiger partial charge in [-0.25, -0.2) is 4.98 Å². The van der Waals surface area contributed by atoms with Crippen LogP contribution in [0.2, 0.25) is 0 Å². The summed E-state index contributed by atoms with van der Waals surface area (Å²) in [4.78, 5) is 29.8. The summed E-state index contributed by atoms with van der Waals surface area (Å²) in [5.74, 6) is 0.534. The van der Waals surface area contributed by atoms with Gasteiger partial charge < -0.3 is 15.1 Å². The zero-order valence-electron chi connectivity index (χ0n) is 17.8. The molecule has 0 bridgehead atoms. The van der Waals surface area contributed by atoms with Gasteiger partial charge in [-0.15, -0.1) is 0 Å². The van der Waals surface area contributed by atoms with Gasteiger partial charge in [0.15, 0.2) is 0 Å². The fraction of sp³-hybridized carbons (Fsp3) is 0.476. The third-order valence-corrected chi connectivity index (χ3v) is 4.17. The van der Waals surface area contributed by atoms with Crippen molar-refractivity contribution in [3.63, 3.8) is 0 Å². The molecule has 8 heteroatoms. The average Bonchev–Trinajstić information content (AvgIpc) is 2.70. The monoisotopic (exact) mass is 402 g/mol. The Morgan fingerprint density at radius 3 is 2.38 bits per heavy atom. The number of nitro benzene ring substituents is 1. The van der Waals surface area contributed by atoms with E-state index in [4.69, 9.17) is 10.1 Å². The molecule has 2 rings (SSSR count). The number of nitrogens with one attached hydrogen (secondary N) is 2. The molecule has 0 saturated heterocycles. The van der Waals surface area contributed by atoms with E-state index in [0.717, 1.165) is 6.42 Å². The molecule has 0 spiro atoms. The van der Waals surface area contributed by atoms with Crippen LogP contribution in [0.25, 0.3) is 11.4 Å². The van der Waals surface area contributed by atoms with Crippen LogP contribution in [0.3, 0.4) is 0 Å². The van der Waals surface area contributed by atoms with Crippen molar-refractivity contribution >= 4 is 11.4 Å². The van der Waals surface area contributed by atoms with Crippen LogP contribution in [0, 0.1) is 22.4 Å². The highest BCUT2D eigenvalue weighted by Crippen LogP contribution is 2.31. The molecule has 0 aliphatic heterocycles. The molecule has 29 heavy (non-hydrogen) atoms. The number of non-ortho nitro benzene ring substituents is 1. The second-order valence-corrected chi connectivity index (χ2v) is 6.49. The van der Waals surface area contributed by atoms with Crippen molar-refractivity contribution in [3.05, 3.63) is 49.9 Å². The minimum Gasteiger partial charge on any atom is -0.493 e. The average molecular weight is 402 g/mol. The lowest BCUT2D eigenvalue weighted by Gasteiger charge is -2.12. The van der Waals surface area contributed by atoms with Crippen molar-refractivity contribution in [2.45, 2.75) is 60.3 Å². The maximum atomic E-state index is 12.3. The number of rotatable bonds is 8. The van der Waals surface area contributed by atoms with Crippen LogP contribution < -0.4 is 10.3 Å². The van der Waals surface area contributed by atoms with Crippen molar-refractivity contribution in [3.8, 4) is 17.1 Å². The van der Waals surface area contributed by atoms with Crippen molar-refractivity contribution in [2.75, 3.05) is 6.61 Å². The van der Waals surface area contributed by atoms with Crippen LogP contribution in [0.15, 0.2) is 23.0 Å². The second-order valence-electron chi connectivity index (χ2n) is 6.49. The predicted octanol–water partition coefficient (Wildman–Crippen LogP) is 5.03. The molecule has 8 nitrogen and oxygen atoms in total. The van der Waals surface area contributed by atoms with Gasteiger partial charge in [-0.3, -0.25) is 14.9 Å². The number of benzene rings is 1. The molecule has 158 valence electrons. The number of unbranched alkanes of at least 4 members (excludes halogenated alkanes) is 1. The molecule has 2 N–H and O–H groups in total. The molecule has 0 aliphatic carbocycles. The lowest BCUT2D eigenvalue weighted by Crippen LogP contribution is -2.19. The topological polar surface area (TPSA) is 122 Å². The zero-order valence-corrected chi connectivity index (χ0v) is 17.8. The van der Waals surface area contributed by atoms with Gasteiger partial charge >= 0.3 is 0 Å². The molecule has 0 fully saturated rings. The van der Waals surface area contributed by atoms with Gasteiger partial charge in [0, 0.05) is 17.7 Å². The third kappa shape index (κ3) is 6.51. The van der Waals surface area contributed by atoms with Crippen molar-refractivity contribution in [1.82, 2.24) is 9.97 Å². The largest absolute Gasteiger partial charge is 0.493 e. The summed E-state index contributed by atoms with van der Waals surface area (Å²) in [7, 11) is 0. The first-order chi connectivity index (χ1) is 13.8. The van der Waals surface area contributed by atoms with E-state index >= 15 is 0 Å². The normalized spacial score (nSPS) is 10.1. The molecular formula is C21H30N4O4. The molecule has 1 aromatic carbocycles. The first-order valence-electron chi connectivity index (χ1n) is 9.90. The van der Waals surface area contributed by atoms with E-state index < -0.39 is 4.92 Å². The number of ether oxygens (including phenoxy) is 1. The maximum Gasteiger partial charge on any atom is 0.270 e. The van der Waals surface area contributed by atoms with Gasteiger partial charge in [-0.2, -0.15) is 0 Å². The van der Waals surface area contributed by atoms with E-state index in [1.807, 2.05) is 6.92 Å². The number of H-pyrrole nitrogens is 1. The predicted molar refractivity (Wildman–Crippen MR) is 115 cm³/mol. The van der Waals surface area contributed by atoms with E-state index in [1.54, 1.807) is 13.8 Å². The summed E-state index contributed by atoms with van der Waals surface area (Å²) in [6.07, 6.45) is 3.88. The molecule has 2 aromatic rings. The molecule has 1 heterocycles. The summed E-state index contributed by atoms with van der Waals surface area (Å²) in [6, 6.07) is 4.13. The molecule has 0 saturated carbocycles. The summed E-state index contributed by atoms with van der Waals surface area (Å²) in [5.41, 5.74) is 0.719. The van der Waals surface area contributed by atoms with Crippen LogP contribution in [0.5, 0.6) is 5.75 Å². The Balaban J connectivity index is 0.000000960. The minimum absolute atomic E-state index is 0.133. The molecule has 0 aliphatic rings. The Hall–Kier alpha value is -3.03. The van der Waals surface area contributed by atoms with E-state index in [-0.39, 0.29) is 22.8 Å². The van der Waals surface area contributed by atoms with Crippen LogP contribution in [0.1, 0.15) is 64.6 Å². The third-order valence-electron chi connectivity index (χ3n) is 4.17. The van der Waals surface area contributed by atoms with Crippen LogP contribution >= 0.6 is 0 Å². The number of aromatic nitrogens is 2. The lowest BCUT2D eigenvalue weighted by atomic mass is 10.1. The van der Waals surface area contributed by atoms with E-state index in [0.29, 0.717) is 35.6 Å². The summed E-state index contributed by atoms with van der Waals surface area (Å²) in [5, 5.41) is 19.2. The molecule has 0 radical (unpaired) electrons.